The zero-order valence-corrected chi connectivity index (χ0v) is 12.8. The maximum absolute atomic E-state index is 11.6. The molecular weight excluding hydrogens is 258 g/mol. The van der Waals surface area contributed by atoms with Crippen molar-refractivity contribution in [1.82, 2.24) is 5.32 Å². The van der Waals surface area contributed by atoms with Crippen LogP contribution in [0.3, 0.4) is 0 Å². The molecule has 0 spiro atoms. The average Bonchev–Trinajstić information content (AvgIpc) is 2.66. The van der Waals surface area contributed by atoms with E-state index in [4.69, 9.17) is 0 Å². The predicted octanol–water partition coefficient (Wildman–Crippen LogP) is 2.68. The van der Waals surface area contributed by atoms with Crippen LogP contribution in [-0.4, -0.2) is 33.0 Å². The van der Waals surface area contributed by atoms with E-state index in [2.05, 4.69) is 11.4 Å². The summed E-state index contributed by atoms with van der Waals surface area (Å²) in [6, 6.07) is 0.386. The maximum atomic E-state index is 11.6. The number of sulfone groups is 1. The van der Waals surface area contributed by atoms with Crippen molar-refractivity contribution in [3.05, 3.63) is 11.6 Å². The van der Waals surface area contributed by atoms with Crippen LogP contribution in [0.2, 0.25) is 0 Å². The first kappa shape index (κ1) is 15.0. The van der Waals surface area contributed by atoms with E-state index in [0.29, 0.717) is 23.5 Å². The van der Waals surface area contributed by atoms with E-state index >= 15 is 0 Å². The van der Waals surface area contributed by atoms with Crippen LogP contribution < -0.4 is 5.32 Å². The first-order valence-electron chi connectivity index (χ1n) is 7.67. The molecule has 0 aromatic carbocycles. The largest absolute Gasteiger partial charge is 0.313 e. The highest BCUT2D eigenvalue weighted by Crippen LogP contribution is 2.28. The van der Waals surface area contributed by atoms with Crippen LogP contribution in [0.15, 0.2) is 11.6 Å². The Labute approximate surface area is 117 Å². The molecule has 1 saturated heterocycles. The number of rotatable bonds is 4. The smallest absolute Gasteiger partial charge is 0.150 e. The van der Waals surface area contributed by atoms with Crippen LogP contribution in [0.25, 0.3) is 0 Å². The molecule has 4 heteroatoms. The molecule has 2 rings (SSSR count). The molecule has 2 aliphatic rings. The van der Waals surface area contributed by atoms with Gasteiger partial charge in [0.1, 0.15) is 0 Å². The van der Waals surface area contributed by atoms with Crippen molar-refractivity contribution in [3.63, 3.8) is 0 Å². The van der Waals surface area contributed by atoms with Crippen LogP contribution in [0.4, 0.5) is 0 Å². The fourth-order valence-corrected chi connectivity index (χ4v) is 5.26. The topological polar surface area (TPSA) is 46.2 Å². The Morgan fingerprint density at radius 3 is 2.79 bits per heavy atom. The molecule has 0 aromatic rings. The quantitative estimate of drug-likeness (QED) is 0.808. The van der Waals surface area contributed by atoms with Gasteiger partial charge in [-0.25, -0.2) is 8.42 Å². The fourth-order valence-electron chi connectivity index (χ4n) is 3.38. The molecule has 0 radical (unpaired) electrons. The molecule has 2 unspecified atom stereocenters. The molecule has 0 amide bonds. The van der Waals surface area contributed by atoms with Gasteiger partial charge in [-0.05, 0) is 51.5 Å². The van der Waals surface area contributed by atoms with Gasteiger partial charge in [-0.1, -0.05) is 24.5 Å². The third kappa shape index (κ3) is 4.60. The summed E-state index contributed by atoms with van der Waals surface area (Å²) in [5.74, 6) is 1.15. The zero-order chi connectivity index (χ0) is 13.7. The van der Waals surface area contributed by atoms with E-state index in [1.54, 1.807) is 0 Å². The maximum Gasteiger partial charge on any atom is 0.150 e. The molecule has 1 aliphatic carbocycles. The Balaban J connectivity index is 1.95. The standard InChI is InChI=1S/C15H27NO2S/c1-16-15(11-13-9-10-19(17,18)12-13)14-7-5-3-2-4-6-8-14/h7,13,15-16H,2-6,8-12H2,1H3. The van der Waals surface area contributed by atoms with E-state index in [0.717, 1.165) is 12.8 Å². The highest BCUT2D eigenvalue weighted by Gasteiger charge is 2.30. The van der Waals surface area contributed by atoms with Crippen LogP contribution in [-0.2, 0) is 9.84 Å². The molecule has 1 fully saturated rings. The van der Waals surface area contributed by atoms with Gasteiger partial charge < -0.3 is 5.32 Å². The van der Waals surface area contributed by atoms with Gasteiger partial charge in [0.25, 0.3) is 0 Å². The second-order valence-corrected chi connectivity index (χ2v) is 8.31. The Morgan fingerprint density at radius 2 is 2.11 bits per heavy atom. The lowest BCUT2D eigenvalue weighted by atomic mass is 9.89. The van der Waals surface area contributed by atoms with Crippen molar-refractivity contribution in [2.24, 2.45) is 5.92 Å². The van der Waals surface area contributed by atoms with E-state index < -0.39 is 9.84 Å². The van der Waals surface area contributed by atoms with Crippen molar-refractivity contribution in [2.45, 2.75) is 57.4 Å². The van der Waals surface area contributed by atoms with Crippen molar-refractivity contribution in [3.8, 4) is 0 Å². The normalized spacial score (nSPS) is 29.3. The SMILES string of the molecule is CNC(CC1CCS(=O)(=O)C1)C1=CCCCCCC1. The summed E-state index contributed by atoms with van der Waals surface area (Å²) in [6.07, 6.45) is 11.9. The number of allylic oxidation sites excluding steroid dienone is 1. The minimum Gasteiger partial charge on any atom is -0.313 e. The molecule has 1 aliphatic heterocycles. The molecule has 110 valence electrons. The number of hydrogen-bond acceptors (Lipinski definition) is 3. The summed E-state index contributed by atoms with van der Waals surface area (Å²) in [7, 11) is -0.733. The molecule has 2 atom stereocenters. The van der Waals surface area contributed by atoms with Gasteiger partial charge in [-0.2, -0.15) is 0 Å². The Kier molecular flexibility index (Phi) is 5.46. The summed E-state index contributed by atoms with van der Waals surface area (Å²) in [5, 5.41) is 3.41. The highest BCUT2D eigenvalue weighted by molar-refractivity contribution is 7.91. The van der Waals surface area contributed by atoms with Crippen molar-refractivity contribution in [1.29, 1.82) is 0 Å². The van der Waals surface area contributed by atoms with Crippen molar-refractivity contribution >= 4 is 9.84 Å². The first-order valence-corrected chi connectivity index (χ1v) is 9.49. The predicted molar refractivity (Wildman–Crippen MR) is 80.0 cm³/mol. The molecular formula is C15H27NO2S. The minimum absolute atomic E-state index is 0.355. The third-order valence-corrected chi connectivity index (χ3v) is 6.35. The summed E-state index contributed by atoms with van der Waals surface area (Å²) >= 11 is 0. The average molecular weight is 285 g/mol. The summed E-state index contributed by atoms with van der Waals surface area (Å²) in [4.78, 5) is 0. The van der Waals surface area contributed by atoms with Gasteiger partial charge in [0.15, 0.2) is 9.84 Å². The lowest BCUT2D eigenvalue weighted by Crippen LogP contribution is -2.30. The van der Waals surface area contributed by atoms with Gasteiger partial charge in [0.2, 0.25) is 0 Å². The number of nitrogens with one attached hydrogen (secondary N) is 1. The second-order valence-electron chi connectivity index (χ2n) is 6.08. The number of hydrogen-bond donors (Lipinski definition) is 1. The van der Waals surface area contributed by atoms with Gasteiger partial charge in [-0.15, -0.1) is 0 Å². The van der Waals surface area contributed by atoms with Gasteiger partial charge in [-0.3, -0.25) is 0 Å². The van der Waals surface area contributed by atoms with E-state index in [1.165, 1.54) is 44.1 Å². The Morgan fingerprint density at radius 1 is 1.32 bits per heavy atom. The van der Waals surface area contributed by atoms with Gasteiger partial charge >= 0.3 is 0 Å². The molecule has 1 heterocycles. The van der Waals surface area contributed by atoms with Crippen LogP contribution in [0, 0.1) is 5.92 Å². The molecule has 1 N–H and O–H groups in total. The number of likely N-dealkylation sites (N-methyl/N-ethyl adjacent to an activating group) is 1. The van der Waals surface area contributed by atoms with E-state index in [9.17, 15) is 8.42 Å². The van der Waals surface area contributed by atoms with E-state index in [-0.39, 0.29) is 0 Å². The van der Waals surface area contributed by atoms with Crippen LogP contribution in [0.1, 0.15) is 51.4 Å². The lowest BCUT2D eigenvalue weighted by molar-refractivity contribution is 0.446. The second kappa shape index (κ2) is 6.89. The van der Waals surface area contributed by atoms with Gasteiger partial charge in [0.05, 0.1) is 11.5 Å². The highest BCUT2D eigenvalue weighted by atomic mass is 32.2. The third-order valence-electron chi connectivity index (χ3n) is 4.52. The van der Waals surface area contributed by atoms with Gasteiger partial charge in [0, 0.05) is 6.04 Å². The monoisotopic (exact) mass is 285 g/mol. The summed E-state index contributed by atoms with van der Waals surface area (Å²) in [5.41, 5.74) is 1.52. The summed E-state index contributed by atoms with van der Waals surface area (Å²) < 4.78 is 23.1. The molecule has 0 aromatic heterocycles. The van der Waals surface area contributed by atoms with Crippen molar-refractivity contribution in [2.75, 3.05) is 18.6 Å². The minimum atomic E-state index is -2.74. The fraction of sp³-hybridized carbons (Fsp3) is 0.867. The Hall–Kier alpha value is -0.350. The molecule has 3 nitrogen and oxygen atoms in total. The molecule has 0 bridgehead atoms. The van der Waals surface area contributed by atoms with Crippen molar-refractivity contribution < 1.29 is 8.42 Å². The van der Waals surface area contributed by atoms with Crippen LogP contribution >= 0.6 is 0 Å². The zero-order valence-electron chi connectivity index (χ0n) is 12.0. The summed E-state index contributed by atoms with van der Waals surface area (Å²) in [6.45, 7) is 0. The van der Waals surface area contributed by atoms with Crippen LogP contribution in [0.5, 0.6) is 0 Å². The van der Waals surface area contributed by atoms with E-state index in [1.807, 2.05) is 7.05 Å². The lowest BCUT2D eigenvalue weighted by Gasteiger charge is -2.24. The Bertz CT molecular complexity index is 414. The molecule has 0 saturated carbocycles. The molecule has 19 heavy (non-hydrogen) atoms. The first-order chi connectivity index (χ1) is 9.11.